The normalized spacial score (nSPS) is 11.4. The molecule has 2 heterocycles. The van der Waals surface area contributed by atoms with Crippen molar-refractivity contribution < 1.29 is 13.9 Å². The molecule has 0 amide bonds. The van der Waals surface area contributed by atoms with Crippen LogP contribution in [-0.2, 0) is 0 Å². The minimum absolute atomic E-state index is 0.263. The monoisotopic (exact) mass is 577 g/mol. The number of hydrogen-bond acceptors (Lipinski definition) is 6. The fourth-order valence-electron chi connectivity index (χ4n) is 3.81. The fourth-order valence-corrected chi connectivity index (χ4v) is 4.42. The Morgan fingerprint density at radius 2 is 1.95 bits per heavy atom. The zero-order valence-corrected chi connectivity index (χ0v) is 22.1. The minimum atomic E-state index is -0.331. The number of nitrogens with zero attached hydrogens (tertiary/aromatic N) is 3. The molecular formula is C28H21BrClN3O4. The summed E-state index contributed by atoms with van der Waals surface area (Å²) in [6.45, 7) is 6.37. The van der Waals surface area contributed by atoms with Gasteiger partial charge in [-0.2, -0.15) is 9.78 Å². The lowest BCUT2D eigenvalue weighted by Gasteiger charge is -2.13. The maximum absolute atomic E-state index is 13.5. The Balaban J connectivity index is 1.66. The predicted molar refractivity (Wildman–Crippen MR) is 150 cm³/mol. The fraction of sp³-hybridized carbons (Fsp3) is 0.107. The van der Waals surface area contributed by atoms with Crippen molar-refractivity contribution in [3.63, 3.8) is 0 Å². The molecule has 0 saturated carbocycles. The Bertz CT molecular complexity index is 1720. The standard InChI is InChI=1S/C28H21BrClN3O4/c1-3-11-36-25-15-21(29)18(14-24(25)35-4-2)16-31-33-27(32-22-8-6-5-7-20(22)28(33)34)26-13-17-12-19(30)9-10-23(17)37-26/h3,5-10,12-16H,1,4,11H2,2H3. The van der Waals surface area contributed by atoms with Crippen LogP contribution in [0, 0.1) is 0 Å². The molecule has 186 valence electrons. The van der Waals surface area contributed by atoms with Crippen molar-refractivity contribution >= 4 is 55.6 Å². The van der Waals surface area contributed by atoms with E-state index in [-0.39, 0.29) is 11.4 Å². The Hall–Kier alpha value is -3.88. The summed E-state index contributed by atoms with van der Waals surface area (Å²) in [6.07, 6.45) is 3.22. The van der Waals surface area contributed by atoms with Crippen molar-refractivity contribution in [1.82, 2.24) is 9.66 Å². The van der Waals surface area contributed by atoms with Crippen LogP contribution < -0.4 is 15.0 Å². The molecule has 0 atom stereocenters. The van der Waals surface area contributed by atoms with Gasteiger partial charge in [0.25, 0.3) is 5.56 Å². The number of ether oxygens (including phenoxy) is 2. The first-order chi connectivity index (χ1) is 18.0. The number of hydrogen-bond donors (Lipinski definition) is 0. The highest BCUT2D eigenvalue weighted by Gasteiger charge is 2.17. The molecule has 0 N–H and O–H groups in total. The molecule has 9 heteroatoms. The van der Waals surface area contributed by atoms with E-state index in [9.17, 15) is 4.79 Å². The predicted octanol–water partition coefficient (Wildman–Crippen LogP) is 7.07. The van der Waals surface area contributed by atoms with Crippen LogP contribution in [-0.4, -0.2) is 29.1 Å². The van der Waals surface area contributed by atoms with E-state index in [2.05, 4.69) is 27.6 Å². The molecule has 0 unspecified atom stereocenters. The first-order valence-electron chi connectivity index (χ1n) is 11.4. The highest BCUT2D eigenvalue weighted by molar-refractivity contribution is 9.10. The molecule has 0 fully saturated rings. The summed E-state index contributed by atoms with van der Waals surface area (Å²) in [5.74, 6) is 1.77. The molecule has 7 nitrogen and oxygen atoms in total. The smallest absolute Gasteiger partial charge is 0.282 e. The van der Waals surface area contributed by atoms with Gasteiger partial charge in [-0.25, -0.2) is 4.98 Å². The van der Waals surface area contributed by atoms with E-state index < -0.39 is 0 Å². The second-order valence-corrected chi connectivity index (χ2v) is 9.25. The highest BCUT2D eigenvalue weighted by Crippen LogP contribution is 2.34. The van der Waals surface area contributed by atoms with Gasteiger partial charge >= 0.3 is 0 Å². The van der Waals surface area contributed by atoms with E-state index in [1.165, 1.54) is 4.68 Å². The third-order valence-electron chi connectivity index (χ3n) is 5.48. The lowest BCUT2D eigenvalue weighted by molar-refractivity contribution is 0.296. The summed E-state index contributed by atoms with van der Waals surface area (Å²) in [7, 11) is 0. The third kappa shape index (κ3) is 5.03. The van der Waals surface area contributed by atoms with Crippen LogP contribution in [0.25, 0.3) is 33.5 Å². The second-order valence-electron chi connectivity index (χ2n) is 7.96. The summed E-state index contributed by atoms with van der Waals surface area (Å²) in [6, 6.07) is 17.8. The molecule has 5 rings (SSSR count). The van der Waals surface area contributed by atoms with Crippen molar-refractivity contribution in [3.8, 4) is 23.1 Å². The Kier molecular flexibility index (Phi) is 7.12. The Labute approximate surface area is 225 Å². The van der Waals surface area contributed by atoms with Crippen LogP contribution in [0.2, 0.25) is 5.02 Å². The van der Waals surface area contributed by atoms with Gasteiger partial charge in [-0.05, 0) is 71.4 Å². The summed E-state index contributed by atoms with van der Waals surface area (Å²) in [4.78, 5) is 18.2. The zero-order valence-electron chi connectivity index (χ0n) is 19.8. The Morgan fingerprint density at radius 3 is 2.76 bits per heavy atom. The molecule has 0 radical (unpaired) electrons. The van der Waals surface area contributed by atoms with Crippen LogP contribution in [0.4, 0.5) is 0 Å². The molecule has 0 bridgehead atoms. The lowest BCUT2D eigenvalue weighted by Crippen LogP contribution is -2.20. The minimum Gasteiger partial charge on any atom is -0.490 e. The van der Waals surface area contributed by atoms with Gasteiger partial charge in [0.2, 0.25) is 5.82 Å². The van der Waals surface area contributed by atoms with Crippen LogP contribution in [0.15, 0.2) is 92.1 Å². The largest absolute Gasteiger partial charge is 0.490 e. The van der Waals surface area contributed by atoms with E-state index in [1.54, 1.807) is 66.9 Å². The van der Waals surface area contributed by atoms with Crippen molar-refractivity contribution in [3.05, 3.63) is 98.7 Å². The van der Waals surface area contributed by atoms with Crippen molar-refractivity contribution in [2.24, 2.45) is 5.10 Å². The SMILES string of the molecule is C=CCOc1cc(Br)c(C=Nn2c(-c3cc4cc(Cl)ccc4o3)nc3ccccc3c2=O)cc1OCC. The summed E-state index contributed by atoms with van der Waals surface area (Å²) >= 11 is 9.71. The third-order valence-corrected chi connectivity index (χ3v) is 6.41. The molecule has 0 aliphatic heterocycles. The second kappa shape index (κ2) is 10.6. The molecule has 0 aliphatic carbocycles. The number of furan rings is 1. The topological polar surface area (TPSA) is 78.9 Å². The van der Waals surface area contributed by atoms with Gasteiger partial charge in [0.1, 0.15) is 12.2 Å². The van der Waals surface area contributed by atoms with Gasteiger partial charge in [-0.15, -0.1) is 0 Å². The van der Waals surface area contributed by atoms with E-state index in [4.69, 9.17) is 30.5 Å². The summed E-state index contributed by atoms with van der Waals surface area (Å²) < 4.78 is 19.4. The average molecular weight is 579 g/mol. The van der Waals surface area contributed by atoms with Crippen molar-refractivity contribution in [2.75, 3.05) is 13.2 Å². The van der Waals surface area contributed by atoms with Crippen LogP contribution >= 0.6 is 27.5 Å². The number of aromatic nitrogens is 2. The molecule has 0 spiro atoms. The maximum Gasteiger partial charge on any atom is 0.282 e. The van der Waals surface area contributed by atoms with Gasteiger partial charge in [0, 0.05) is 20.4 Å². The number of halogens is 2. The van der Waals surface area contributed by atoms with Gasteiger partial charge in [-0.3, -0.25) is 4.79 Å². The molecule has 2 aromatic heterocycles. The van der Waals surface area contributed by atoms with Crippen LogP contribution in [0.5, 0.6) is 11.5 Å². The summed E-state index contributed by atoms with van der Waals surface area (Å²) in [5.41, 5.74) is 1.51. The first-order valence-corrected chi connectivity index (χ1v) is 12.6. The van der Waals surface area contributed by atoms with E-state index in [0.717, 1.165) is 5.39 Å². The van der Waals surface area contributed by atoms with Crippen molar-refractivity contribution in [2.45, 2.75) is 6.92 Å². The molecular weight excluding hydrogens is 558 g/mol. The number of para-hydroxylation sites is 1. The van der Waals surface area contributed by atoms with Crippen molar-refractivity contribution in [1.29, 1.82) is 0 Å². The van der Waals surface area contributed by atoms with E-state index in [0.29, 0.717) is 62.0 Å². The summed E-state index contributed by atoms with van der Waals surface area (Å²) in [5, 5.41) is 6.34. The molecule has 37 heavy (non-hydrogen) atoms. The van der Waals surface area contributed by atoms with Crippen LogP contribution in [0.1, 0.15) is 12.5 Å². The first kappa shape index (κ1) is 24.8. The molecule has 0 saturated heterocycles. The molecule has 0 aliphatic rings. The van der Waals surface area contributed by atoms with Gasteiger partial charge in [0.15, 0.2) is 17.3 Å². The van der Waals surface area contributed by atoms with Crippen LogP contribution in [0.3, 0.4) is 0 Å². The Morgan fingerprint density at radius 1 is 1.14 bits per heavy atom. The highest BCUT2D eigenvalue weighted by atomic mass is 79.9. The molecule has 5 aromatic rings. The lowest BCUT2D eigenvalue weighted by atomic mass is 10.2. The number of benzene rings is 3. The van der Waals surface area contributed by atoms with E-state index in [1.807, 2.05) is 13.0 Å². The maximum atomic E-state index is 13.5. The zero-order chi connectivity index (χ0) is 25.9. The molecule has 3 aromatic carbocycles. The van der Waals surface area contributed by atoms with Gasteiger partial charge in [-0.1, -0.05) is 36.4 Å². The van der Waals surface area contributed by atoms with E-state index >= 15 is 0 Å². The number of rotatable bonds is 8. The van der Waals surface area contributed by atoms with Gasteiger partial charge in [0.05, 0.1) is 23.7 Å². The average Bonchev–Trinajstić information content (AvgIpc) is 3.31. The quantitative estimate of drug-likeness (QED) is 0.145. The number of fused-ring (bicyclic) bond motifs is 2. The van der Waals surface area contributed by atoms with Gasteiger partial charge < -0.3 is 13.9 Å².